The van der Waals surface area contributed by atoms with Crippen LogP contribution in [0.4, 0.5) is 0 Å². The molecule has 14 nitrogen and oxygen atoms in total. The highest BCUT2D eigenvalue weighted by atomic mass is 35.5. The van der Waals surface area contributed by atoms with Crippen molar-refractivity contribution in [2.75, 3.05) is 31.5 Å². The molecule has 2 rings (SSSR count). The molecule has 1 aliphatic rings. The van der Waals surface area contributed by atoms with Gasteiger partial charge in [-0.05, 0) is 6.07 Å². The van der Waals surface area contributed by atoms with Gasteiger partial charge in [0.15, 0.2) is 24.5 Å². The van der Waals surface area contributed by atoms with E-state index in [2.05, 4.69) is 5.10 Å². The number of carbonyl (C=O) groups is 5. The Morgan fingerprint density at radius 1 is 0.923 bits per heavy atom. The van der Waals surface area contributed by atoms with Crippen LogP contribution in [0.2, 0.25) is 0 Å². The zero-order valence-corrected chi connectivity index (χ0v) is 23.5. The molecule has 0 unspecified atom stereocenters. The number of primary amides is 1. The molecule has 1 amide bonds. The quantitative estimate of drug-likeness (QED) is 0.190. The Kier molecular flexibility index (Phi) is 12.4. The maximum absolute atomic E-state index is 12.4. The van der Waals surface area contributed by atoms with Gasteiger partial charge in [0.2, 0.25) is 0 Å². The first-order chi connectivity index (χ1) is 18.4. The lowest BCUT2D eigenvalue weighted by Crippen LogP contribution is -2.61. The van der Waals surface area contributed by atoms with Gasteiger partial charge in [-0.25, -0.2) is 4.68 Å². The van der Waals surface area contributed by atoms with Gasteiger partial charge in [0.25, 0.3) is 5.91 Å². The number of esters is 4. The van der Waals surface area contributed by atoms with Gasteiger partial charge in [-0.15, -0.1) is 23.2 Å². The van der Waals surface area contributed by atoms with E-state index in [9.17, 15) is 24.0 Å². The van der Waals surface area contributed by atoms with Crippen LogP contribution in [0.5, 0.6) is 0 Å². The standard InChI is InChI=1S/C23H32Cl2N4O10/c1-12(30)35-11-18-19(36-13(2)31)20(37-14(3)32)21(38-15(4)33)23(39-18)29-17(22(26)34)9-16(27-29)10-28(7-5-24)8-6-25/h9,18-21,23H,5-8,10-11H2,1-4H3,(H2,26,34)/t18-,19-,20+,21-,23-/m1/s1. The first kappa shape index (κ1) is 32.3. The summed E-state index contributed by atoms with van der Waals surface area (Å²) in [5.41, 5.74) is 5.89. The van der Waals surface area contributed by atoms with Crippen molar-refractivity contribution in [3.05, 3.63) is 17.5 Å². The van der Waals surface area contributed by atoms with E-state index in [1.165, 1.54) is 6.07 Å². The fraction of sp³-hybridized carbons (Fsp3) is 0.652. The van der Waals surface area contributed by atoms with E-state index in [0.717, 1.165) is 32.4 Å². The molecule has 1 aliphatic heterocycles. The molecule has 0 aliphatic carbocycles. The third-order valence-corrected chi connectivity index (χ3v) is 5.77. The molecule has 2 N–H and O–H groups in total. The zero-order chi connectivity index (χ0) is 29.3. The van der Waals surface area contributed by atoms with Gasteiger partial charge in [-0.3, -0.25) is 28.9 Å². The molecular weight excluding hydrogens is 563 g/mol. The van der Waals surface area contributed by atoms with Crippen LogP contribution >= 0.6 is 23.2 Å². The molecule has 0 bridgehead atoms. The second-order valence-electron chi connectivity index (χ2n) is 8.57. The number of hydrogen-bond acceptors (Lipinski definition) is 12. The summed E-state index contributed by atoms with van der Waals surface area (Å²) in [7, 11) is 0. The van der Waals surface area contributed by atoms with Crippen LogP contribution in [0.15, 0.2) is 6.07 Å². The number of rotatable bonds is 13. The van der Waals surface area contributed by atoms with E-state index in [-0.39, 0.29) is 12.2 Å². The van der Waals surface area contributed by atoms with Crippen molar-refractivity contribution >= 4 is 53.0 Å². The lowest BCUT2D eigenvalue weighted by Gasteiger charge is -2.44. The summed E-state index contributed by atoms with van der Waals surface area (Å²) in [6, 6.07) is 1.42. The molecule has 218 valence electrons. The van der Waals surface area contributed by atoms with Crippen LogP contribution in [0.25, 0.3) is 0 Å². The molecule has 16 heteroatoms. The molecule has 1 aromatic heterocycles. The van der Waals surface area contributed by atoms with Crippen molar-refractivity contribution in [2.45, 2.75) is 64.9 Å². The van der Waals surface area contributed by atoms with E-state index >= 15 is 0 Å². The normalized spacial score (nSPS) is 22.7. The summed E-state index contributed by atoms with van der Waals surface area (Å²) in [5, 5.41) is 4.46. The topological polar surface area (TPSA) is 179 Å². The van der Waals surface area contributed by atoms with Crippen molar-refractivity contribution in [1.82, 2.24) is 14.7 Å². The number of amides is 1. The Hall–Kier alpha value is -2.94. The fourth-order valence-electron chi connectivity index (χ4n) is 4.04. The minimum absolute atomic E-state index is 0.123. The summed E-state index contributed by atoms with van der Waals surface area (Å²) in [6.07, 6.45) is -6.90. The summed E-state index contributed by atoms with van der Waals surface area (Å²) < 4.78 is 28.5. The fourth-order valence-corrected chi connectivity index (χ4v) is 4.52. The third kappa shape index (κ3) is 9.34. The molecule has 2 heterocycles. The van der Waals surface area contributed by atoms with Crippen molar-refractivity contribution in [3.8, 4) is 0 Å². The van der Waals surface area contributed by atoms with Gasteiger partial charge < -0.3 is 29.4 Å². The number of carbonyl (C=O) groups excluding carboxylic acids is 5. The van der Waals surface area contributed by atoms with Crippen LogP contribution in [0.3, 0.4) is 0 Å². The Balaban J connectivity index is 2.64. The number of nitrogens with zero attached hydrogens (tertiary/aromatic N) is 3. The van der Waals surface area contributed by atoms with Gasteiger partial charge in [-0.2, -0.15) is 5.10 Å². The Morgan fingerprint density at radius 2 is 1.46 bits per heavy atom. The molecule has 0 saturated carbocycles. The number of ether oxygens (including phenoxy) is 5. The predicted octanol–water partition coefficient (Wildman–Crippen LogP) is 0.517. The number of aromatic nitrogens is 2. The van der Waals surface area contributed by atoms with Gasteiger partial charge in [0, 0.05) is 59.1 Å². The first-order valence-electron chi connectivity index (χ1n) is 11.9. The van der Waals surface area contributed by atoms with Crippen molar-refractivity contribution < 1.29 is 47.7 Å². The molecule has 39 heavy (non-hydrogen) atoms. The van der Waals surface area contributed by atoms with Crippen molar-refractivity contribution in [1.29, 1.82) is 0 Å². The lowest BCUT2D eigenvalue weighted by molar-refractivity contribution is -0.270. The minimum atomic E-state index is -1.46. The molecule has 0 radical (unpaired) electrons. The van der Waals surface area contributed by atoms with E-state index < -0.39 is 67.0 Å². The summed E-state index contributed by atoms with van der Waals surface area (Å²) in [4.78, 5) is 62.0. The van der Waals surface area contributed by atoms with Crippen molar-refractivity contribution in [2.24, 2.45) is 5.73 Å². The van der Waals surface area contributed by atoms with Gasteiger partial charge in [-0.1, -0.05) is 0 Å². The summed E-state index contributed by atoms with van der Waals surface area (Å²) in [5.74, 6) is -3.28. The number of alkyl halides is 2. The Morgan fingerprint density at radius 3 is 1.95 bits per heavy atom. The highest BCUT2D eigenvalue weighted by molar-refractivity contribution is 6.18. The van der Waals surface area contributed by atoms with Crippen LogP contribution < -0.4 is 5.73 Å². The average Bonchev–Trinajstić information content (AvgIpc) is 3.23. The SMILES string of the molecule is CC(=O)OC[C@H]1O[C@@H](n2nc(CN(CCCl)CCCl)cc2C(N)=O)[C@H](OC(C)=O)[C@@H](OC(C)=O)[C@@H]1OC(C)=O. The summed E-state index contributed by atoms with van der Waals surface area (Å²) in [6.45, 7) is 5.23. The number of hydrogen-bond donors (Lipinski definition) is 1. The molecule has 1 fully saturated rings. The van der Waals surface area contributed by atoms with Gasteiger partial charge in [0.05, 0.1) is 5.69 Å². The average molecular weight is 595 g/mol. The van der Waals surface area contributed by atoms with Crippen LogP contribution in [-0.2, 0) is 49.4 Å². The second kappa shape index (κ2) is 15.0. The second-order valence-corrected chi connectivity index (χ2v) is 9.33. The number of halogens is 2. The van der Waals surface area contributed by atoms with Gasteiger partial charge in [0.1, 0.15) is 18.4 Å². The zero-order valence-electron chi connectivity index (χ0n) is 22.0. The molecule has 5 atom stereocenters. The Bertz CT molecular complexity index is 1050. The minimum Gasteiger partial charge on any atom is -0.463 e. The van der Waals surface area contributed by atoms with Crippen LogP contribution in [-0.4, -0.2) is 100 Å². The Labute approximate surface area is 234 Å². The maximum atomic E-state index is 12.4. The molecule has 0 spiro atoms. The van der Waals surface area contributed by atoms with Crippen molar-refractivity contribution in [3.63, 3.8) is 0 Å². The van der Waals surface area contributed by atoms with E-state index in [4.69, 9.17) is 52.6 Å². The monoisotopic (exact) mass is 594 g/mol. The molecule has 0 aromatic carbocycles. The predicted molar refractivity (Wildman–Crippen MR) is 135 cm³/mol. The lowest BCUT2D eigenvalue weighted by atomic mass is 9.97. The summed E-state index contributed by atoms with van der Waals surface area (Å²) >= 11 is 11.8. The number of nitrogens with two attached hydrogens (primary N) is 1. The molecule has 1 saturated heterocycles. The van der Waals surface area contributed by atoms with E-state index in [0.29, 0.717) is 30.5 Å². The smallest absolute Gasteiger partial charge is 0.303 e. The van der Waals surface area contributed by atoms with Gasteiger partial charge >= 0.3 is 23.9 Å². The largest absolute Gasteiger partial charge is 0.463 e. The molecule has 1 aromatic rings. The van der Waals surface area contributed by atoms with E-state index in [1.54, 1.807) is 0 Å². The third-order valence-electron chi connectivity index (χ3n) is 5.43. The highest BCUT2D eigenvalue weighted by Crippen LogP contribution is 2.35. The van der Waals surface area contributed by atoms with E-state index in [1.807, 2.05) is 4.90 Å². The van der Waals surface area contributed by atoms with Crippen LogP contribution in [0, 0.1) is 0 Å². The first-order valence-corrected chi connectivity index (χ1v) is 13.0. The molecular formula is C23H32Cl2N4O10. The highest BCUT2D eigenvalue weighted by Gasteiger charge is 2.53. The maximum Gasteiger partial charge on any atom is 0.303 e. The van der Waals surface area contributed by atoms with Crippen LogP contribution in [0.1, 0.15) is 50.1 Å².